The average Bonchev–Trinajstić information content (AvgIpc) is 2.95. The van der Waals surface area contributed by atoms with Gasteiger partial charge in [0.15, 0.2) is 0 Å². The lowest BCUT2D eigenvalue weighted by Crippen LogP contribution is -2.54. The van der Waals surface area contributed by atoms with E-state index in [1.54, 1.807) is 0 Å². The number of hydrogen-bond donors (Lipinski definition) is 1. The van der Waals surface area contributed by atoms with Gasteiger partial charge in [-0.2, -0.15) is 17.5 Å². The Balaban J connectivity index is 1.83. The van der Waals surface area contributed by atoms with Gasteiger partial charge >= 0.3 is 6.18 Å². The van der Waals surface area contributed by atoms with E-state index in [-0.39, 0.29) is 32.1 Å². The quantitative estimate of drug-likeness (QED) is 0.849. The van der Waals surface area contributed by atoms with Crippen LogP contribution < -0.4 is 5.32 Å². The summed E-state index contributed by atoms with van der Waals surface area (Å²) in [5, 5.41) is 2.62. The molecule has 0 aliphatic carbocycles. The van der Waals surface area contributed by atoms with Crippen LogP contribution in [0.2, 0.25) is 0 Å². The van der Waals surface area contributed by atoms with Gasteiger partial charge in [0.05, 0.1) is 10.5 Å². The summed E-state index contributed by atoms with van der Waals surface area (Å²) in [5.41, 5.74) is -1.83. The summed E-state index contributed by atoms with van der Waals surface area (Å²) in [6.07, 6.45) is -4.25. The third kappa shape index (κ3) is 3.13. The first-order valence-electron chi connectivity index (χ1n) is 7.21. The molecule has 1 spiro atoms. The first kappa shape index (κ1) is 17.2. The van der Waals surface area contributed by atoms with Gasteiger partial charge in [0.1, 0.15) is 12.2 Å². The molecule has 1 N–H and O–H groups in total. The largest absolute Gasteiger partial charge is 0.416 e. The van der Waals surface area contributed by atoms with Crippen molar-refractivity contribution in [2.75, 3.05) is 26.2 Å². The highest BCUT2D eigenvalue weighted by Gasteiger charge is 2.46. The predicted octanol–water partition coefficient (Wildman–Crippen LogP) is 0.985. The Hall–Kier alpha value is -1.65. The minimum Gasteiger partial charge on any atom is -0.362 e. The number of carbonyl (C=O) groups is 1. The van der Waals surface area contributed by atoms with Crippen LogP contribution in [-0.2, 0) is 25.7 Å². The van der Waals surface area contributed by atoms with E-state index in [1.807, 2.05) is 0 Å². The van der Waals surface area contributed by atoms with Gasteiger partial charge in [-0.15, -0.1) is 0 Å². The molecule has 10 heteroatoms. The van der Waals surface area contributed by atoms with Crippen LogP contribution in [0.1, 0.15) is 12.0 Å². The van der Waals surface area contributed by atoms with Crippen LogP contribution in [0.15, 0.2) is 29.2 Å². The van der Waals surface area contributed by atoms with E-state index in [0.717, 1.165) is 22.5 Å². The maximum Gasteiger partial charge on any atom is 0.416 e. The van der Waals surface area contributed by atoms with E-state index in [1.165, 1.54) is 0 Å². The predicted molar refractivity (Wildman–Crippen MR) is 76.5 cm³/mol. The van der Waals surface area contributed by atoms with Crippen molar-refractivity contribution in [2.24, 2.45) is 0 Å². The van der Waals surface area contributed by atoms with Gasteiger partial charge in [-0.05, 0) is 24.6 Å². The highest BCUT2D eigenvalue weighted by molar-refractivity contribution is 7.89. The maximum absolute atomic E-state index is 12.8. The van der Waals surface area contributed by atoms with Gasteiger partial charge < -0.3 is 10.1 Å². The first-order chi connectivity index (χ1) is 11.1. The lowest BCUT2D eigenvalue weighted by Gasteiger charge is -2.33. The lowest BCUT2D eigenvalue weighted by molar-refractivity contribution is -0.141. The van der Waals surface area contributed by atoms with Crippen LogP contribution in [-0.4, -0.2) is 50.5 Å². The van der Waals surface area contributed by atoms with E-state index < -0.39 is 32.3 Å². The summed E-state index contributed by atoms with van der Waals surface area (Å²) in [5.74, 6) is -0.278. The van der Waals surface area contributed by atoms with Crippen LogP contribution in [0.5, 0.6) is 0 Å². The second kappa shape index (κ2) is 5.71. The SMILES string of the molecule is O=C1COC2(CCN(S(=O)(=O)c3cccc(C(F)(F)F)c3)C2)CN1. The Morgan fingerprint density at radius 3 is 2.67 bits per heavy atom. The van der Waals surface area contributed by atoms with Gasteiger partial charge in [-0.3, -0.25) is 4.79 Å². The normalized spacial score (nSPS) is 25.9. The molecule has 1 aromatic carbocycles. The molecule has 1 amide bonds. The van der Waals surface area contributed by atoms with Crippen molar-refractivity contribution in [3.8, 4) is 0 Å². The molecule has 0 radical (unpaired) electrons. The summed E-state index contributed by atoms with van der Waals surface area (Å²) in [6, 6.07) is 3.66. The number of hydrogen-bond acceptors (Lipinski definition) is 4. The Morgan fingerprint density at radius 2 is 2.04 bits per heavy atom. The van der Waals surface area contributed by atoms with Crippen LogP contribution in [0.3, 0.4) is 0 Å². The van der Waals surface area contributed by atoms with Gasteiger partial charge in [0, 0.05) is 19.6 Å². The molecular weight excluding hydrogens is 349 g/mol. The molecule has 1 aromatic rings. The summed E-state index contributed by atoms with van der Waals surface area (Å²) in [7, 11) is -4.07. The molecule has 2 aliphatic heterocycles. The fourth-order valence-electron chi connectivity index (χ4n) is 2.84. The number of amides is 1. The molecule has 0 aromatic heterocycles. The van der Waals surface area contributed by atoms with Gasteiger partial charge in [-0.1, -0.05) is 6.07 Å². The number of ether oxygens (including phenoxy) is 1. The molecule has 24 heavy (non-hydrogen) atoms. The molecule has 6 nitrogen and oxygen atoms in total. The van der Waals surface area contributed by atoms with Crippen molar-refractivity contribution in [1.29, 1.82) is 0 Å². The van der Waals surface area contributed by atoms with E-state index in [9.17, 15) is 26.4 Å². The molecule has 132 valence electrons. The number of sulfonamides is 1. The molecular formula is C14H15F3N2O4S. The number of benzene rings is 1. The summed E-state index contributed by atoms with van der Waals surface area (Å²) in [6.45, 7) is 0.137. The molecule has 0 bridgehead atoms. The summed E-state index contributed by atoms with van der Waals surface area (Å²) < 4.78 is 70.2. The third-order valence-corrected chi connectivity index (χ3v) is 6.04. The fourth-order valence-corrected chi connectivity index (χ4v) is 4.40. The van der Waals surface area contributed by atoms with Crippen molar-refractivity contribution in [1.82, 2.24) is 9.62 Å². The van der Waals surface area contributed by atoms with E-state index >= 15 is 0 Å². The lowest BCUT2D eigenvalue weighted by atomic mass is 10.0. The number of morpholine rings is 1. The molecule has 0 saturated carbocycles. The third-order valence-electron chi connectivity index (χ3n) is 4.20. The standard InChI is InChI=1S/C14H15F3N2O4S/c15-14(16,17)10-2-1-3-11(6-10)24(21,22)19-5-4-13(9-19)8-18-12(20)7-23-13/h1-3,6H,4-5,7-9H2,(H,18,20). The molecule has 2 aliphatic rings. The average molecular weight is 364 g/mol. The number of carbonyl (C=O) groups excluding carboxylic acids is 1. The van der Waals surface area contributed by atoms with Gasteiger partial charge in [0.25, 0.3) is 0 Å². The van der Waals surface area contributed by atoms with Gasteiger partial charge in [0.2, 0.25) is 15.9 Å². The second-order valence-corrected chi connectivity index (χ2v) is 7.80. The maximum atomic E-state index is 12.8. The molecule has 3 rings (SSSR count). The van der Waals surface area contributed by atoms with Crippen molar-refractivity contribution in [3.63, 3.8) is 0 Å². The summed E-state index contributed by atoms with van der Waals surface area (Å²) in [4.78, 5) is 10.8. The number of rotatable bonds is 2. The Bertz CT molecular complexity index is 754. The molecule has 1 atom stereocenters. The van der Waals surface area contributed by atoms with Crippen LogP contribution in [0.4, 0.5) is 13.2 Å². The molecule has 2 fully saturated rings. The topological polar surface area (TPSA) is 75.7 Å². The van der Waals surface area contributed by atoms with Crippen molar-refractivity contribution >= 4 is 15.9 Å². The Labute approximate surface area is 136 Å². The van der Waals surface area contributed by atoms with E-state index in [4.69, 9.17) is 4.74 Å². The summed E-state index contributed by atoms with van der Waals surface area (Å²) >= 11 is 0. The number of nitrogens with zero attached hydrogens (tertiary/aromatic N) is 1. The Morgan fingerprint density at radius 1 is 1.29 bits per heavy atom. The van der Waals surface area contributed by atoms with Crippen LogP contribution in [0.25, 0.3) is 0 Å². The molecule has 1 unspecified atom stereocenters. The first-order valence-corrected chi connectivity index (χ1v) is 8.65. The molecule has 2 heterocycles. The monoisotopic (exact) mass is 364 g/mol. The van der Waals surface area contributed by atoms with Crippen molar-refractivity contribution in [2.45, 2.75) is 23.1 Å². The smallest absolute Gasteiger partial charge is 0.362 e. The number of alkyl halides is 3. The minimum absolute atomic E-state index is 0.00808. The van der Waals surface area contributed by atoms with E-state index in [2.05, 4.69) is 5.32 Å². The minimum atomic E-state index is -4.62. The second-order valence-electron chi connectivity index (χ2n) is 5.86. The fraction of sp³-hybridized carbons (Fsp3) is 0.500. The van der Waals surface area contributed by atoms with Crippen molar-refractivity contribution < 1.29 is 31.1 Å². The zero-order valence-electron chi connectivity index (χ0n) is 12.5. The highest BCUT2D eigenvalue weighted by atomic mass is 32.2. The van der Waals surface area contributed by atoms with Crippen LogP contribution in [0, 0.1) is 0 Å². The number of halogens is 3. The van der Waals surface area contributed by atoms with Crippen LogP contribution >= 0.6 is 0 Å². The van der Waals surface area contributed by atoms with E-state index in [0.29, 0.717) is 12.5 Å². The van der Waals surface area contributed by atoms with Gasteiger partial charge in [-0.25, -0.2) is 8.42 Å². The zero-order valence-corrected chi connectivity index (χ0v) is 13.3. The van der Waals surface area contributed by atoms with Crippen molar-refractivity contribution in [3.05, 3.63) is 29.8 Å². The molecule has 2 saturated heterocycles. The highest BCUT2D eigenvalue weighted by Crippen LogP contribution is 2.34. The zero-order chi connectivity index (χ0) is 17.6. The number of nitrogens with one attached hydrogen (secondary N) is 1. The Kier molecular flexibility index (Phi) is 4.09.